The molecule has 1 aliphatic carbocycles. The SMILES string of the molecule is C#CC(CCC)N1CCCNC2(CCCCC2)C1. The second kappa shape index (κ2) is 6.59. The smallest absolute Gasteiger partial charge is 0.0712 e. The van der Waals surface area contributed by atoms with Gasteiger partial charge in [-0.15, -0.1) is 6.42 Å². The van der Waals surface area contributed by atoms with Crippen LogP contribution in [0.15, 0.2) is 0 Å². The van der Waals surface area contributed by atoms with Gasteiger partial charge in [0.25, 0.3) is 0 Å². The molecule has 18 heavy (non-hydrogen) atoms. The number of nitrogens with one attached hydrogen (secondary N) is 1. The van der Waals surface area contributed by atoms with Crippen LogP contribution in [0.25, 0.3) is 0 Å². The van der Waals surface area contributed by atoms with Crippen molar-refractivity contribution in [3.8, 4) is 12.3 Å². The van der Waals surface area contributed by atoms with E-state index in [0.717, 1.165) is 6.42 Å². The molecule has 1 saturated carbocycles. The molecule has 0 bridgehead atoms. The normalized spacial score (nSPS) is 26.4. The summed E-state index contributed by atoms with van der Waals surface area (Å²) in [5, 5.41) is 3.84. The molecular formula is C16H28N2. The summed E-state index contributed by atoms with van der Waals surface area (Å²) in [6.07, 6.45) is 16.2. The third-order valence-corrected chi connectivity index (χ3v) is 4.63. The van der Waals surface area contributed by atoms with Gasteiger partial charge >= 0.3 is 0 Å². The molecule has 1 N–H and O–H groups in total. The van der Waals surface area contributed by atoms with Gasteiger partial charge in [0.1, 0.15) is 0 Å². The monoisotopic (exact) mass is 248 g/mol. The largest absolute Gasteiger partial charge is 0.310 e. The van der Waals surface area contributed by atoms with Gasteiger partial charge in [-0.1, -0.05) is 38.5 Å². The molecule has 2 rings (SSSR count). The second-order valence-electron chi connectivity index (χ2n) is 6.06. The van der Waals surface area contributed by atoms with E-state index in [0.29, 0.717) is 11.6 Å². The van der Waals surface area contributed by atoms with E-state index in [9.17, 15) is 0 Å². The van der Waals surface area contributed by atoms with Gasteiger partial charge in [-0.2, -0.15) is 0 Å². The molecule has 1 atom stereocenters. The predicted octanol–water partition coefficient (Wildman–Crippen LogP) is 2.79. The maximum absolute atomic E-state index is 5.75. The summed E-state index contributed by atoms with van der Waals surface area (Å²) in [6, 6.07) is 0.355. The Balaban J connectivity index is 2.04. The first-order chi connectivity index (χ1) is 8.79. The van der Waals surface area contributed by atoms with Crippen LogP contribution >= 0.6 is 0 Å². The highest BCUT2D eigenvalue weighted by Crippen LogP contribution is 2.31. The van der Waals surface area contributed by atoms with Crippen molar-refractivity contribution >= 4 is 0 Å². The van der Waals surface area contributed by atoms with E-state index < -0.39 is 0 Å². The highest BCUT2D eigenvalue weighted by atomic mass is 15.2. The average molecular weight is 248 g/mol. The van der Waals surface area contributed by atoms with E-state index in [4.69, 9.17) is 6.42 Å². The van der Waals surface area contributed by atoms with Crippen LogP contribution in [0, 0.1) is 12.3 Å². The van der Waals surface area contributed by atoms with E-state index in [-0.39, 0.29) is 0 Å². The number of terminal acetylenes is 1. The van der Waals surface area contributed by atoms with Crippen molar-refractivity contribution in [3.63, 3.8) is 0 Å². The van der Waals surface area contributed by atoms with Gasteiger partial charge in [0.05, 0.1) is 6.04 Å². The molecular weight excluding hydrogens is 220 g/mol. The van der Waals surface area contributed by atoms with E-state index >= 15 is 0 Å². The first-order valence-electron chi connectivity index (χ1n) is 7.75. The van der Waals surface area contributed by atoms with Crippen LogP contribution in [0.4, 0.5) is 0 Å². The summed E-state index contributed by atoms with van der Waals surface area (Å²) in [5.41, 5.74) is 0.373. The molecule has 0 aromatic carbocycles. The predicted molar refractivity (Wildman–Crippen MR) is 77.5 cm³/mol. The Morgan fingerprint density at radius 2 is 2.06 bits per heavy atom. The van der Waals surface area contributed by atoms with E-state index in [1.165, 1.54) is 64.6 Å². The van der Waals surface area contributed by atoms with Crippen molar-refractivity contribution in [1.29, 1.82) is 0 Å². The van der Waals surface area contributed by atoms with Crippen molar-refractivity contribution in [3.05, 3.63) is 0 Å². The van der Waals surface area contributed by atoms with Crippen molar-refractivity contribution in [2.45, 2.75) is 69.9 Å². The molecule has 1 aliphatic heterocycles. The molecule has 0 radical (unpaired) electrons. The molecule has 1 saturated heterocycles. The van der Waals surface area contributed by atoms with Crippen molar-refractivity contribution < 1.29 is 0 Å². The summed E-state index contributed by atoms with van der Waals surface area (Å²) < 4.78 is 0. The molecule has 2 heteroatoms. The standard InChI is InChI=1S/C16H28N2/c1-3-9-15(4-2)18-13-8-12-17-16(14-18)10-6-5-7-11-16/h2,15,17H,3,5-14H2,1H3. The zero-order valence-corrected chi connectivity index (χ0v) is 11.9. The van der Waals surface area contributed by atoms with Crippen molar-refractivity contribution in [1.82, 2.24) is 10.2 Å². The van der Waals surface area contributed by atoms with Crippen molar-refractivity contribution in [2.75, 3.05) is 19.6 Å². The zero-order chi connectivity index (χ0) is 12.8. The van der Waals surface area contributed by atoms with Crippen LogP contribution in [-0.2, 0) is 0 Å². The van der Waals surface area contributed by atoms with Crippen LogP contribution in [-0.4, -0.2) is 36.1 Å². The lowest BCUT2D eigenvalue weighted by molar-refractivity contribution is 0.143. The molecule has 0 amide bonds. The Morgan fingerprint density at radius 3 is 2.72 bits per heavy atom. The quantitative estimate of drug-likeness (QED) is 0.773. The lowest BCUT2D eigenvalue weighted by Gasteiger charge is -2.41. The minimum atomic E-state index is 0.355. The Labute approximate surface area is 113 Å². The van der Waals surface area contributed by atoms with Gasteiger partial charge < -0.3 is 5.32 Å². The van der Waals surface area contributed by atoms with E-state index in [2.05, 4.69) is 23.1 Å². The molecule has 2 nitrogen and oxygen atoms in total. The minimum absolute atomic E-state index is 0.355. The number of nitrogens with zero attached hydrogens (tertiary/aromatic N) is 1. The summed E-state index contributed by atoms with van der Waals surface area (Å²) in [4.78, 5) is 2.58. The van der Waals surface area contributed by atoms with Gasteiger partial charge in [-0.05, 0) is 32.2 Å². The molecule has 0 aromatic rings. The molecule has 2 fully saturated rings. The van der Waals surface area contributed by atoms with Crippen LogP contribution in [0.5, 0.6) is 0 Å². The first kappa shape index (κ1) is 13.9. The van der Waals surface area contributed by atoms with Gasteiger partial charge in [0, 0.05) is 18.6 Å². The molecule has 1 heterocycles. The summed E-state index contributed by atoms with van der Waals surface area (Å²) >= 11 is 0. The number of rotatable bonds is 3. The molecule has 1 unspecified atom stereocenters. The molecule has 102 valence electrons. The fourth-order valence-electron chi connectivity index (χ4n) is 3.63. The van der Waals surface area contributed by atoms with Gasteiger partial charge in [0.2, 0.25) is 0 Å². The number of hydrogen-bond acceptors (Lipinski definition) is 2. The maximum Gasteiger partial charge on any atom is 0.0712 e. The van der Waals surface area contributed by atoms with E-state index in [1.54, 1.807) is 0 Å². The summed E-state index contributed by atoms with van der Waals surface area (Å²) in [5.74, 6) is 3.02. The lowest BCUT2D eigenvalue weighted by Crippen LogP contribution is -2.54. The highest BCUT2D eigenvalue weighted by molar-refractivity contribution is 5.04. The summed E-state index contributed by atoms with van der Waals surface area (Å²) in [7, 11) is 0. The average Bonchev–Trinajstić information content (AvgIpc) is 2.60. The third-order valence-electron chi connectivity index (χ3n) is 4.63. The maximum atomic E-state index is 5.75. The van der Waals surface area contributed by atoms with Crippen LogP contribution in [0.2, 0.25) is 0 Å². The number of hydrogen-bond donors (Lipinski definition) is 1. The van der Waals surface area contributed by atoms with Gasteiger partial charge in [-0.25, -0.2) is 0 Å². The summed E-state index contributed by atoms with van der Waals surface area (Å²) in [6.45, 7) is 5.74. The zero-order valence-electron chi connectivity index (χ0n) is 11.9. The molecule has 1 spiro atoms. The van der Waals surface area contributed by atoms with Crippen LogP contribution in [0.1, 0.15) is 58.3 Å². The first-order valence-corrected chi connectivity index (χ1v) is 7.75. The van der Waals surface area contributed by atoms with Gasteiger partial charge in [-0.3, -0.25) is 4.90 Å². The molecule has 2 aliphatic rings. The van der Waals surface area contributed by atoms with Gasteiger partial charge in [0.15, 0.2) is 0 Å². The van der Waals surface area contributed by atoms with Crippen LogP contribution < -0.4 is 5.32 Å². The minimum Gasteiger partial charge on any atom is -0.310 e. The fourth-order valence-corrected chi connectivity index (χ4v) is 3.63. The Bertz CT molecular complexity index is 286. The second-order valence-corrected chi connectivity index (χ2v) is 6.06. The third kappa shape index (κ3) is 3.28. The van der Waals surface area contributed by atoms with Crippen LogP contribution in [0.3, 0.4) is 0 Å². The molecule has 0 aromatic heterocycles. The van der Waals surface area contributed by atoms with E-state index in [1.807, 2.05) is 0 Å². The Morgan fingerprint density at radius 1 is 1.28 bits per heavy atom. The Hall–Kier alpha value is -0.520. The van der Waals surface area contributed by atoms with Crippen molar-refractivity contribution in [2.24, 2.45) is 0 Å². The lowest BCUT2D eigenvalue weighted by atomic mass is 9.81. The Kier molecular flexibility index (Phi) is 5.09. The topological polar surface area (TPSA) is 15.3 Å². The fraction of sp³-hybridized carbons (Fsp3) is 0.875. The highest BCUT2D eigenvalue weighted by Gasteiger charge is 2.36.